The summed E-state index contributed by atoms with van der Waals surface area (Å²) in [4.78, 5) is 14.9. The maximum Gasteiger partial charge on any atom is 0.164 e. The highest BCUT2D eigenvalue weighted by Gasteiger charge is 2.29. The first-order valence-corrected chi connectivity index (χ1v) is 15.9. The largest absolute Gasteiger partial charge is 0.456 e. The average molecular weight is 604 g/mol. The number of rotatable bonds is 5. The number of hydrogen-bond donors (Lipinski definition) is 0. The molecule has 4 heteroatoms. The van der Waals surface area contributed by atoms with E-state index in [1.165, 1.54) is 10.9 Å². The van der Waals surface area contributed by atoms with E-state index in [1.807, 2.05) is 36.4 Å². The number of furan rings is 1. The van der Waals surface area contributed by atoms with Crippen LogP contribution in [0.3, 0.4) is 0 Å². The van der Waals surface area contributed by atoms with Crippen LogP contribution in [0.1, 0.15) is 17.2 Å². The highest BCUT2D eigenvalue weighted by molar-refractivity contribution is 5.91. The average Bonchev–Trinajstić information content (AvgIpc) is 3.54. The summed E-state index contributed by atoms with van der Waals surface area (Å²) < 4.78 is 6.27. The first-order chi connectivity index (χ1) is 23.3. The molecule has 2 heterocycles. The fraction of sp³-hybridized carbons (Fsp3) is 0.0465. The molecule has 0 bridgehead atoms. The van der Waals surface area contributed by atoms with Gasteiger partial charge in [-0.1, -0.05) is 140 Å². The molecule has 2 aliphatic rings. The zero-order valence-corrected chi connectivity index (χ0v) is 25.5. The zero-order valence-electron chi connectivity index (χ0n) is 25.5. The molecule has 0 saturated carbocycles. The zero-order chi connectivity index (χ0) is 31.2. The second-order valence-electron chi connectivity index (χ2n) is 12.0. The molecular formula is C43H29N3O. The lowest BCUT2D eigenvalue weighted by Crippen LogP contribution is -2.12. The van der Waals surface area contributed by atoms with Gasteiger partial charge in [-0.15, -0.1) is 0 Å². The third-order valence-corrected chi connectivity index (χ3v) is 9.11. The molecule has 0 saturated heterocycles. The predicted molar refractivity (Wildman–Crippen MR) is 190 cm³/mol. The fourth-order valence-electron chi connectivity index (χ4n) is 6.71. The number of aromatic nitrogens is 3. The molecule has 2 aliphatic carbocycles. The Bertz CT molecular complexity index is 2350. The molecule has 4 nitrogen and oxygen atoms in total. The first kappa shape index (κ1) is 27.2. The molecule has 0 amide bonds. The van der Waals surface area contributed by atoms with Gasteiger partial charge in [-0.25, -0.2) is 15.0 Å². The maximum absolute atomic E-state index is 6.27. The van der Waals surface area contributed by atoms with E-state index in [2.05, 4.69) is 127 Å². The first-order valence-electron chi connectivity index (χ1n) is 15.9. The van der Waals surface area contributed by atoms with Crippen molar-refractivity contribution >= 4 is 17.0 Å². The van der Waals surface area contributed by atoms with Gasteiger partial charge in [0.15, 0.2) is 17.5 Å². The third kappa shape index (κ3) is 5.01. The highest BCUT2D eigenvalue weighted by Crippen LogP contribution is 2.44. The van der Waals surface area contributed by atoms with Crippen LogP contribution >= 0.6 is 0 Å². The van der Waals surface area contributed by atoms with Crippen molar-refractivity contribution < 1.29 is 4.42 Å². The lowest BCUT2D eigenvalue weighted by Gasteiger charge is -2.24. The topological polar surface area (TPSA) is 51.8 Å². The van der Waals surface area contributed by atoms with Gasteiger partial charge < -0.3 is 4.42 Å². The second-order valence-corrected chi connectivity index (χ2v) is 12.0. The van der Waals surface area contributed by atoms with Gasteiger partial charge in [0.05, 0.1) is 0 Å². The van der Waals surface area contributed by atoms with Gasteiger partial charge in [0.2, 0.25) is 0 Å². The smallest absolute Gasteiger partial charge is 0.164 e. The number of hydrogen-bond acceptors (Lipinski definition) is 4. The standard InChI is InChI=1S/C43H29N3O/c1-3-10-28(11-4-1)33-15-9-16-35(26-33)43-45-41(31-13-5-2-6-14-31)44-42(46-43)32-20-18-29(19-21-32)34-23-24-38-37(27-34)40-36-17-8-7-12-30(36)22-25-39(40)47-38/h1-27,30,36H. The molecule has 0 spiro atoms. The second kappa shape index (κ2) is 11.3. The van der Waals surface area contributed by atoms with Crippen molar-refractivity contribution in [1.82, 2.24) is 15.0 Å². The summed E-state index contributed by atoms with van der Waals surface area (Å²) in [7, 11) is 0. The molecule has 9 rings (SSSR count). The molecule has 0 N–H and O–H groups in total. The lowest BCUT2D eigenvalue weighted by molar-refractivity contribution is 0.578. The van der Waals surface area contributed by atoms with Crippen LogP contribution in [0.5, 0.6) is 0 Å². The Hall–Kier alpha value is -6.13. The van der Waals surface area contributed by atoms with Crippen LogP contribution in [0.2, 0.25) is 0 Å². The molecule has 0 aliphatic heterocycles. The molecule has 2 aromatic heterocycles. The Morgan fingerprint density at radius 2 is 1.00 bits per heavy atom. The summed E-state index contributed by atoms with van der Waals surface area (Å²) in [5.41, 5.74) is 9.57. The van der Waals surface area contributed by atoms with Crippen LogP contribution in [0.25, 0.3) is 73.5 Å². The summed E-state index contributed by atoms with van der Waals surface area (Å²) in [5, 5.41) is 1.17. The normalized spacial score (nSPS) is 16.3. The number of nitrogens with zero attached hydrogens (tertiary/aromatic N) is 3. The Morgan fingerprint density at radius 1 is 0.447 bits per heavy atom. The van der Waals surface area contributed by atoms with E-state index in [0.717, 1.165) is 50.3 Å². The Kier molecular flexibility index (Phi) is 6.57. The molecule has 5 aromatic carbocycles. The van der Waals surface area contributed by atoms with Gasteiger partial charge in [0.25, 0.3) is 0 Å². The monoisotopic (exact) mass is 603 g/mol. The van der Waals surface area contributed by atoms with Crippen LogP contribution in [-0.4, -0.2) is 15.0 Å². The maximum atomic E-state index is 6.27. The SMILES string of the molecule is C1=CC2C=Cc3oc4ccc(-c5ccc(-c6nc(-c7ccccc7)nc(-c7cccc(-c8ccccc8)c7)n6)cc5)cc4c3C2C=C1. The van der Waals surface area contributed by atoms with E-state index < -0.39 is 0 Å². The Labute approximate surface area is 273 Å². The van der Waals surface area contributed by atoms with Crippen molar-refractivity contribution in [3.05, 3.63) is 169 Å². The van der Waals surface area contributed by atoms with Crippen molar-refractivity contribution in [3.8, 4) is 56.4 Å². The Morgan fingerprint density at radius 3 is 1.77 bits per heavy atom. The highest BCUT2D eigenvalue weighted by atomic mass is 16.3. The van der Waals surface area contributed by atoms with Crippen molar-refractivity contribution in [2.24, 2.45) is 5.92 Å². The van der Waals surface area contributed by atoms with Crippen molar-refractivity contribution in [3.63, 3.8) is 0 Å². The molecule has 47 heavy (non-hydrogen) atoms. The summed E-state index contributed by atoms with van der Waals surface area (Å²) in [5.74, 6) is 3.55. The van der Waals surface area contributed by atoms with E-state index in [-0.39, 0.29) is 0 Å². The van der Waals surface area contributed by atoms with Crippen LogP contribution in [0.4, 0.5) is 0 Å². The molecule has 0 radical (unpaired) electrons. The number of benzene rings is 5. The Balaban J connectivity index is 1.10. The van der Waals surface area contributed by atoms with Gasteiger partial charge in [0.1, 0.15) is 11.3 Å². The molecule has 2 unspecified atom stereocenters. The van der Waals surface area contributed by atoms with E-state index in [1.54, 1.807) is 0 Å². The van der Waals surface area contributed by atoms with Crippen LogP contribution in [0, 0.1) is 5.92 Å². The molecule has 222 valence electrons. The van der Waals surface area contributed by atoms with Gasteiger partial charge in [0, 0.05) is 39.5 Å². The minimum Gasteiger partial charge on any atom is -0.456 e. The van der Waals surface area contributed by atoms with Crippen molar-refractivity contribution in [1.29, 1.82) is 0 Å². The number of allylic oxidation sites excluding steroid dienone is 5. The van der Waals surface area contributed by atoms with Crippen LogP contribution in [0.15, 0.2) is 162 Å². The van der Waals surface area contributed by atoms with Crippen molar-refractivity contribution in [2.75, 3.05) is 0 Å². The third-order valence-electron chi connectivity index (χ3n) is 9.11. The van der Waals surface area contributed by atoms with Gasteiger partial charge in [-0.2, -0.15) is 0 Å². The minimum absolute atomic E-state index is 0.295. The lowest BCUT2D eigenvalue weighted by atomic mass is 9.78. The molecule has 7 aromatic rings. The summed E-state index contributed by atoms with van der Waals surface area (Å²) >= 11 is 0. The van der Waals surface area contributed by atoms with E-state index in [9.17, 15) is 0 Å². The molecule has 2 atom stereocenters. The van der Waals surface area contributed by atoms with E-state index >= 15 is 0 Å². The van der Waals surface area contributed by atoms with Crippen LogP contribution < -0.4 is 0 Å². The summed E-state index contributed by atoms with van der Waals surface area (Å²) in [6, 6.07) is 43.9. The number of fused-ring (bicyclic) bond motifs is 5. The van der Waals surface area contributed by atoms with Gasteiger partial charge >= 0.3 is 0 Å². The summed E-state index contributed by atoms with van der Waals surface area (Å²) in [6.07, 6.45) is 13.2. The van der Waals surface area contributed by atoms with Gasteiger partial charge in [-0.05, 0) is 46.5 Å². The van der Waals surface area contributed by atoms with Crippen LogP contribution in [-0.2, 0) is 0 Å². The fourth-order valence-corrected chi connectivity index (χ4v) is 6.71. The minimum atomic E-state index is 0.295. The molecule has 0 fully saturated rings. The van der Waals surface area contributed by atoms with Gasteiger partial charge in [-0.3, -0.25) is 0 Å². The van der Waals surface area contributed by atoms with Crippen molar-refractivity contribution in [2.45, 2.75) is 5.92 Å². The van der Waals surface area contributed by atoms with E-state index in [4.69, 9.17) is 19.4 Å². The molecular weight excluding hydrogens is 574 g/mol. The predicted octanol–water partition coefficient (Wildman–Crippen LogP) is 10.8. The quantitative estimate of drug-likeness (QED) is 0.196. The summed E-state index contributed by atoms with van der Waals surface area (Å²) in [6.45, 7) is 0. The van der Waals surface area contributed by atoms with E-state index in [0.29, 0.717) is 29.3 Å².